The van der Waals surface area contributed by atoms with Gasteiger partial charge in [-0.1, -0.05) is 19.9 Å². The first kappa shape index (κ1) is 23.5. The first-order chi connectivity index (χ1) is 14.4. The number of sulfonamides is 1. The zero-order chi connectivity index (χ0) is 23.0. The number of nitrogens with one attached hydrogen (secondary N) is 1. The van der Waals surface area contributed by atoms with E-state index in [2.05, 4.69) is 9.71 Å². The smallest absolute Gasteiger partial charge is 0.384 e. The molecule has 3 rings (SSSR count). The summed E-state index contributed by atoms with van der Waals surface area (Å²) >= 11 is 1.03. The second-order valence-electron chi connectivity index (χ2n) is 7.29. The number of fused-ring (bicyclic) bond motifs is 1. The van der Waals surface area contributed by atoms with Gasteiger partial charge in [0.1, 0.15) is 5.60 Å². The summed E-state index contributed by atoms with van der Waals surface area (Å²) in [4.78, 5) is 16.2. The number of anilines is 1. The lowest BCUT2D eigenvalue weighted by molar-refractivity contribution is -0.186. The van der Waals surface area contributed by atoms with Crippen molar-refractivity contribution in [1.29, 1.82) is 0 Å². The Morgan fingerprint density at radius 2 is 1.94 bits per heavy atom. The van der Waals surface area contributed by atoms with Crippen molar-refractivity contribution in [3.8, 4) is 0 Å². The van der Waals surface area contributed by atoms with Crippen LogP contribution in [0.25, 0.3) is 0 Å². The SMILES string of the molecule is CCC(O)(CC)c1csc(NS(=O)(=O)c2ccc3c(c2)CN(C(=O)C(F)(F)F)CC3)n1. The summed E-state index contributed by atoms with van der Waals surface area (Å²) in [5.41, 5.74) is 0.253. The van der Waals surface area contributed by atoms with Gasteiger partial charge in [0.2, 0.25) is 0 Å². The van der Waals surface area contributed by atoms with E-state index in [1.54, 1.807) is 25.3 Å². The molecule has 1 aromatic carbocycles. The second kappa shape index (κ2) is 8.40. The number of thiazole rings is 1. The normalized spacial score (nSPS) is 15.0. The number of halogens is 3. The average Bonchev–Trinajstić information content (AvgIpc) is 3.19. The van der Waals surface area contributed by atoms with Crippen molar-refractivity contribution in [2.24, 2.45) is 0 Å². The Kier molecular flexibility index (Phi) is 6.36. The first-order valence-corrected chi connectivity index (χ1v) is 11.9. The highest BCUT2D eigenvalue weighted by Crippen LogP contribution is 2.32. The Bertz CT molecular complexity index is 1080. The summed E-state index contributed by atoms with van der Waals surface area (Å²) in [6.45, 7) is 3.19. The van der Waals surface area contributed by atoms with Crippen LogP contribution in [0.5, 0.6) is 0 Å². The van der Waals surface area contributed by atoms with Crippen LogP contribution in [0.15, 0.2) is 28.5 Å². The molecule has 0 saturated heterocycles. The van der Waals surface area contributed by atoms with Crippen LogP contribution in [-0.2, 0) is 33.4 Å². The highest BCUT2D eigenvalue weighted by atomic mass is 32.2. The summed E-state index contributed by atoms with van der Waals surface area (Å²) in [5.74, 6) is -1.95. The molecule has 7 nitrogen and oxygen atoms in total. The quantitative estimate of drug-likeness (QED) is 0.664. The number of carbonyl (C=O) groups excluding carboxylic acids is 1. The van der Waals surface area contributed by atoms with Crippen LogP contribution in [0.2, 0.25) is 0 Å². The van der Waals surface area contributed by atoms with E-state index < -0.39 is 27.7 Å². The Labute approximate surface area is 182 Å². The van der Waals surface area contributed by atoms with Gasteiger partial charge < -0.3 is 10.0 Å². The molecule has 0 unspecified atom stereocenters. The van der Waals surface area contributed by atoms with Crippen LogP contribution < -0.4 is 4.72 Å². The maximum atomic E-state index is 12.8. The predicted octanol–water partition coefficient (Wildman–Crippen LogP) is 3.40. The van der Waals surface area contributed by atoms with Crippen molar-refractivity contribution in [3.63, 3.8) is 0 Å². The number of alkyl halides is 3. The Morgan fingerprint density at radius 1 is 1.26 bits per heavy atom. The number of hydrogen-bond acceptors (Lipinski definition) is 6. The topological polar surface area (TPSA) is 99.6 Å². The van der Waals surface area contributed by atoms with E-state index in [9.17, 15) is 31.5 Å². The van der Waals surface area contributed by atoms with Gasteiger partial charge in [0.15, 0.2) is 5.13 Å². The molecule has 1 amide bonds. The minimum Gasteiger partial charge on any atom is -0.384 e. The number of benzene rings is 1. The lowest BCUT2D eigenvalue weighted by Crippen LogP contribution is -2.43. The van der Waals surface area contributed by atoms with Gasteiger partial charge in [0, 0.05) is 18.5 Å². The van der Waals surface area contributed by atoms with E-state index in [1.807, 2.05) is 0 Å². The van der Waals surface area contributed by atoms with E-state index in [0.717, 1.165) is 11.3 Å². The highest BCUT2D eigenvalue weighted by molar-refractivity contribution is 7.93. The molecule has 2 N–H and O–H groups in total. The van der Waals surface area contributed by atoms with Crippen molar-refractivity contribution in [3.05, 3.63) is 40.4 Å². The monoisotopic (exact) mass is 477 g/mol. The maximum Gasteiger partial charge on any atom is 0.471 e. The average molecular weight is 478 g/mol. The summed E-state index contributed by atoms with van der Waals surface area (Å²) in [7, 11) is -4.07. The number of amides is 1. The van der Waals surface area contributed by atoms with E-state index >= 15 is 0 Å². The van der Waals surface area contributed by atoms with Gasteiger partial charge in [-0.2, -0.15) is 13.2 Å². The van der Waals surface area contributed by atoms with Gasteiger partial charge in [0.25, 0.3) is 10.0 Å². The fourth-order valence-corrected chi connectivity index (χ4v) is 5.48. The van der Waals surface area contributed by atoms with Crippen LogP contribution in [0.4, 0.5) is 18.3 Å². The van der Waals surface area contributed by atoms with Crippen LogP contribution in [0, 0.1) is 0 Å². The zero-order valence-corrected chi connectivity index (χ0v) is 18.5. The summed E-state index contributed by atoms with van der Waals surface area (Å²) in [6, 6.07) is 4.18. The molecule has 0 saturated carbocycles. The summed E-state index contributed by atoms with van der Waals surface area (Å²) in [6.07, 6.45) is -3.95. The number of carbonyl (C=O) groups is 1. The Balaban J connectivity index is 1.82. The standard InChI is InChI=1S/C19H22F3N3O4S2/c1-3-18(27,4-2)15-11-30-17(23-15)24-31(28,29)14-6-5-12-7-8-25(10-13(12)9-14)16(26)19(20,21)22/h5-6,9,11,27H,3-4,7-8,10H2,1-2H3,(H,23,24). The van der Waals surface area contributed by atoms with Crippen LogP contribution in [0.3, 0.4) is 0 Å². The van der Waals surface area contributed by atoms with E-state index in [0.29, 0.717) is 34.6 Å². The van der Waals surface area contributed by atoms with E-state index in [1.165, 1.54) is 12.1 Å². The molecular formula is C19H22F3N3O4S2. The lowest BCUT2D eigenvalue weighted by Gasteiger charge is -2.29. The van der Waals surface area contributed by atoms with Gasteiger partial charge in [-0.05, 0) is 42.5 Å². The number of hydrogen-bond donors (Lipinski definition) is 2. The van der Waals surface area contributed by atoms with E-state index in [4.69, 9.17) is 0 Å². The first-order valence-electron chi connectivity index (χ1n) is 9.58. The largest absolute Gasteiger partial charge is 0.471 e. The molecule has 0 bridgehead atoms. The summed E-state index contributed by atoms with van der Waals surface area (Å²) < 4.78 is 66.1. The molecule has 0 atom stereocenters. The minimum absolute atomic E-state index is 0.0712. The summed E-state index contributed by atoms with van der Waals surface area (Å²) in [5, 5.41) is 12.2. The third-order valence-corrected chi connectivity index (χ3v) is 7.63. The molecule has 2 heterocycles. The molecule has 1 aliphatic rings. The molecule has 170 valence electrons. The molecule has 1 aliphatic heterocycles. The molecule has 0 spiro atoms. The highest BCUT2D eigenvalue weighted by Gasteiger charge is 2.43. The molecule has 0 fully saturated rings. The second-order valence-corrected chi connectivity index (χ2v) is 9.83. The van der Waals surface area contributed by atoms with Gasteiger partial charge in [-0.15, -0.1) is 11.3 Å². The van der Waals surface area contributed by atoms with Gasteiger partial charge >= 0.3 is 12.1 Å². The Morgan fingerprint density at radius 3 is 2.55 bits per heavy atom. The van der Waals surface area contributed by atoms with Crippen LogP contribution in [0.1, 0.15) is 43.5 Å². The van der Waals surface area contributed by atoms with Crippen molar-refractivity contribution in [2.75, 3.05) is 11.3 Å². The third-order valence-electron chi connectivity index (χ3n) is 5.40. The van der Waals surface area contributed by atoms with Crippen molar-refractivity contribution in [1.82, 2.24) is 9.88 Å². The predicted molar refractivity (Wildman–Crippen MR) is 109 cm³/mol. The number of aromatic nitrogens is 1. The van der Waals surface area contributed by atoms with Crippen molar-refractivity contribution < 1.29 is 31.5 Å². The molecule has 31 heavy (non-hydrogen) atoms. The molecule has 1 aromatic heterocycles. The van der Waals surface area contributed by atoms with Crippen LogP contribution in [-0.4, -0.2) is 42.0 Å². The number of rotatable bonds is 6. The van der Waals surface area contributed by atoms with Gasteiger partial charge in [0.05, 0.1) is 10.6 Å². The fraction of sp³-hybridized carbons (Fsp3) is 0.474. The van der Waals surface area contributed by atoms with E-state index in [-0.39, 0.29) is 29.5 Å². The third kappa shape index (κ3) is 4.85. The molecule has 12 heteroatoms. The maximum absolute atomic E-state index is 12.8. The van der Waals surface area contributed by atoms with Gasteiger partial charge in [-0.25, -0.2) is 13.4 Å². The molecular weight excluding hydrogens is 455 g/mol. The minimum atomic E-state index is -4.98. The fourth-order valence-electron chi connectivity index (χ4n) is 3.37. The molecule has 0 aliphatic carbocycles. The van der Waals surface area contributed by atoms with Gasteiger partial charge in [-0.3, -0.25) is 9.52 Å². The van der Waals surface area contributed by atoms with Crippen LogP contribution >= 0.6 is 11.3 Å². The van der Waals surface area contributed by atoms with Crippen molar-refractivity contribution >= 4 is 32.4 Å². The number of aliphatic hydroxyl groups is 1. The van der Waals surface area contributed by atoms with Crippen molar-refractivity contribution in [2.45, 2.75) is 56.3 Å². The zero-order valence-electron chi connectivity index (χ0n) is 16.9. The number of nitrogens with zero attached hydrogens (tertiary/aromatic N) is 2. The molecule has 0 radical (unpaired) electrons. The Hall–Kier alpha value is -2.18. The molecule has 2 aromatic rings. The lowest BCUT2D eigenvalue weighted by atomic mass is 9.94.